The van der Waals surface area contributed by atoms with Crippen LogP contribution in [0.1, 0.15) is 31.1 Å². The molecule has 1 aromatic carbocycles. The van der Waals surface area contributed by atoms with Crippen molar-refractivity contribution in [2.75, 3.05) is 11.9 Å². The summed E-state index contributed by atoms with van der Waals surface area (Å²) >= 11 is 0. The summed E-state index contributed by atoms with van der Waals surface area (Å²) in [5, 5.41) is 15.4. The maximum absolute atomic E-state index is 11.4. The highest BCUT2D eigenvalue weighted by molar-refractivity contribution is 6.36. The lowest BCUT2D eigenvalue weighted by Gasteiger charge is -2.24. The van der Waals surface area contributed by atoms with E-state index in [1.54, 1.807) is 10.7 Å². The van der Waals surface area contributed by atoms with Crippen LogP contribution in [-0.2, 0) is 14.3 Å². The summed E-state index contributed by atoms with van der Waals surface area (Å²) in [4.78, 5) is 22.1. The number of aryl methyl sites for hydroxylation is 1. The molecule has 2 N–H and O–H groups in total. The molecule has 7 nitrogen and oxygen atoms in total. The van der Waals surface area contributed by atoms with Crippen LogP contribution in [0.2, 0.25) is 0 Å². The Morgan fingerprint density at radius 2 is 2.04 bits per heavy atom. The van der Waals surface area contributed by atoms with Gasteiger partial charge in [0.25, 0.3) is 0 Å². The van der Waals surface area contributed by atoms with E-state index in [0.717, 1.165) is 36.1 Å². The van der Waals surface area contributed by atoms with Gasteiger partial charge in [0.15, 0.2) is 12.0 Å². The molecule has 1 atom stereocenters. The van der Waals surface area contributed by atoms with Crippen LogP contribution >= 0.6 is 0 Å². The molecule has 24 heavy (non-hydrogen) atoms. The van der Waals surface area contributed by atoms with Gasteiger partial charge in [0.1, 0.15) is 0 Å². The van der Waals surface area contributed by atoms with Crippen molar-refractivity contribution in [2.45, 2.75) is 32.4 Å². The average Bonchev–Trinajstić information content (AvgIpc) is 3.00. The van der Waals surface area contributed by atoms with Crippen LogP contribution in [0, 0.1) is 6.92 Å². The Balaban J connectivity index is 1.97. The van der Waals surface area contributed by atoms with Gasteiger partial charge in [-0.05, 0) is 26.2 Å². The number of carboxylic acids is 1. The Labute approximate surface area is 139 Å². The van der Waals surface area contributed by atoms with Gasteiger partial charge in [0.2, 0.25) is 0 Å². The molecular formula is C17H19N3O4. The minimum atomic E-state index is -1.55. The zero-order chi connectivity index (χ0) is 17.1. The first-order valence-corrected chi connectivity index (χ1v) is 7.87. The first-order chi connectivity index (χ1) is 11.5. The maximum Gasteiger partial charge on any atom is 0.394 e. The number of hydrogen-bond acceptors (Lipinski definition) is 4. The van der Waals surface area contributed by atoms with Gasteiger partial charge in [0, 0.05) is 18.2 Å². The molecule has 1 saturated heterocycles. The largest absolute Gasteiger partial charge is 0.474 e. The maximum atomic E-state index is 11.4. The fourth-order valence-corrected chi connectivity index (χ4v) is 2.70. The molecular weight excluding hydrogens is 310 g/mol. The SMILES string of the molecule is Cc1ccc(-c2cc(NC(=O)C(=O)O)nn2C2CCCCO2)cc1. The molecule has 1 fully saturated rings. The number of aliphatic carboxylic acids is 1. The summed E-state index contributed by atoms with van der Waals surface area (Å²) in [6, 6.07) is 9.58. The minimum Gasteiger partial charge on any atom is -0.474 e. The summed E-state index contributed by atoms with van der Waals surface area (Å²) in [5.41, 5.74) is 2.85. The van der Waals surface area contributed by atoms with E-state index in [1.807, 2.05) is 31.2 Å². The summed E-state index contributed by atoms with van der Waals surface area (Å²) in [5.74, 6) is -2.46. The van der Waals surface area contributed by atoms with Crippen LogP contribution < -0.4 is 5.32 Å². The first-order valence-electron chi connectivity index (χ1n) is 7.87. The first kappa shape index (κ1) is 16.2. The third-order valence-corrected chi connectivity index (χ3v) is 3.95. The molecule has 0 radical (unpaired) electrons. The van der Waals surface area contributed by atoms with Gasteiger partial charge in [-0.25, -0.2) is 9.48 Å². The van der Waals surface area contributed by atoms with Gasteiger partial charge in [-0.2, -0.15) is 5.10 Å². The number of hydrogen-bond donors (Lipinski definition) is 2. The highest BCUT2D eigenvalue weighted by atomic mass is 16.5. The molecule has 2 aromatic rings. The topological polar surface area (TPSA) is 93.5 Å². The molecule has 0 spiro atoms. The second-order valence-electron chi connectivity index (χ2n) is 5.81. The van der Waals surface area contributed by atoms with Crippen LogP contribution in [0.4, 0.5) is 5.82 Å². The third-order valence-electron chi connectivity index (χ3n) is 3.95. The van der Waals surface area contributed by atoms with E-state index in [4.69, 9.17) is 9.84 Å². The van der Waals surface area contributed by atoms with Crippen molar-refractivity contribution < 1.29 is 19.4 Å². The molecule has 1 aliphatic rings. The number of nitrogens with one attached hydrogen (secondary N) is 1. The molecule has 126 valence electrons. The predicted octanol–water partition coefficient (Wildman–Crippen LogP) is 2.58. The number of carbonyl (C=O) groups is 2. The number of ether oxygens (including phenoxy) is 1. The molecule has 1 unspecified atom stereocenters. The quantitative estimate of drug-likeness (QED) is 0.844. The molecule has 0 aliphatic carbocycles. The standard InChI is InChI=1S/C17H19N3O4/c1-11-5-7-12(8-6-11)13-10-14(18-16(21)17(22)23)19-20(13)15-4-2-3-9-24-15/h5-8,10,15H,2-4,9H2,1H3,(H,22,23)(H,18,19,21). The highest BCUT2D eigenvalue weighted by Gasteiger charge is 2.23. The predicted molar refractivity (Wildman–Crippen MR) is 87.5 cm³/mol. The summed E-state index contributed by atoms with van der Waals surface area (Å²) in [6.07, 6.45) is 2.66. The summed E-state index contributed by atoms with van der Waals surface area (Å²) < 4.78 is 7.51. The van der Waals surface area contributed by atoms with Gasteiger partial charge in [-0.3, -0.25) is 10.1 Å². The van der Waals surface area contributed by atoms with E-state index < -0.39 is 11.9 Å². The lowest BCUT2D eigenvalue weighted by atomic mass is 10.1. The van der Waals surface area contributed by atoms with E-state index >= 15 is 0 Å². The average molecular weight is 329 g/mol. The van der Waals surface area contributed by atoms with E-state index in [0.29, 0.717) is 6.61 Å². The minimum absolute atomic E-state index is 0.201. The van der Waals surface area contributed by atoms with Crippen molar-refractivity contribution in [1.29, 1.82) is 0 Å². The molecule has 1 amide bonds. The molecule has 0 saturated carbocycles. The normalized spacial score (nSPS) is 17.5. The second kappa shape index (κ2) is 6.84. The highest BCUT2D eigenvalue weighted by Crippen LogP contribution is 2.30. The van der Waals surface area contributed by atoms with Crippen molar-refractivity contribution in [2.24, 2.45) is 0 Å². The van der Waals surface area contributed by atoms with Crippen molar-refractivity contribution in [1.82, 2.24) is 9.78 Å². The fourth-order valence-electron chi connectivity index (χ4n) is 2.70. The van der Waals surface area contributed by atoms with Crippen molar-refractivity contribution in [3.05, 3.63) is 35.9 Å². The molecule has 1 aliphatic heterocycles. The number of anilines is 1. The lowest BCUT2D eigenvalue weighted by Crippen LogP contribution is -2.23. The van der Waals surface area contributed by atoms with Gasteiger partial charge < -0.3 is 9.84 Å². The molecule has 7 heteroatoms. The van der Waals surface area contributed by atoms with Crippen LogP contribution in [0.3, 0.4) is 0 Å². The van der Waals surface area contributed by atoms with E-state index in [2.05, 4.69) is 10.4 Å². The number of nitrogens with zero attached hydrogens (tertiary/aromatic N) is 2. The van der Waals surface area contributed by atoms with Crippen LogP contribution in [-0.4, -0.2) is 33.4 Å². The molecule has 3 rings (SSSR count). The number of aromatic nitrogens is 2. The van der Waals surface area contributed by atoms with Crippen molar-refractivity contribution in [3.63, 3.8) is 0 Å². The van der Waals surface area contributed by atoms with Gasteiger partial charge in [0.05, 0.1) is 5.69 Å². The zero-order valence-electron chi connectivity index (χ0n) is 13.4. The Morgan fingerprint density at radius 3 is 2.67 bits per heavy atom. The van der Waals surface area contributed by atoms with Crippen molar-refractivity contribution >= 4 is 17.7 Å². The Bertz CT molecular complexity index is 746. The number of carboxylic acid groups (broad SMARTS) is 1. The fraction of sp³-hybridized carbons (Fsp3) is 0.353. The Hall–Kier alpha value is -2.67. The number of rotatable bonds is 3. The van der Waals surface area contributed by atoms with Gasteiger partial charge in [-0.15, -0.1) is 0 Å². The van der Waals surface area contributed by atoms with Gasteiger partial charge >= 0.3 is 11.9 Å². The zero-order valence-corrected chi connectivity index (χ0v) is 13.4. The smallest absolute Gasteiger partial charge is 0.394 e. The molecule has 2 heterocycles. The Morgan fingerprint density at radius 1 is 1.29 bits per heavy atom. The number of benzene rings is 1. The van der Waals surface area contributed by atoms with Crippen LogP contribution in [0.5, 0.6) is 0 Å². The Kier molecular flexibility index (Phi) is 4.61. The van der Waals surface area contributed by atoms with Crippen LogP contribution in [0.15, 0.2) is 30.3 Å². The number of amides is 1. The lowest BCUT2D eigenvalue weighted by molar-refractivity contribution is -0.147. The summed E-state index contributed by atoms with van der Waals surface area (Å²) in [7, 11) is 0. The van der Waals surface area contributed by atoms with E-state index in [-0.39, 0.29) is 12.0 Å². The second-order valence-corrected chi connectivity index (χ2v) is 5.81. The third kappa shape index (κ3) is 3.46. The van der Waals surface area contributed by atoms with E-state index in [9.17, 15) is 9.59 Å². The van der Waals surface area contributed by atoms with Gasteiger partial charge in [-0.1, -0.05) is 29.8 Å². The monoisotopic (exact) mass is 329 g/mol. The number of carbonyl (C=O) groups excluding carboxylic acids is 1. The van der Waals surface area contributed by atoms with E-state index in [1.165, 1.54) is 0 Å². The molecule has 0 bridgehead atoms. The summed E-state index contributed by atoms with van der Waals surface area (Å²) in [6.45, 7) is 2.67. The molecule has 1 aromatic heterocycles. The van der Waals surface area contributed by atoms with Crippen molar-refractivity contribution in [3.8, 4) is 11.3 Å². The van der Waals surface area contributed by atoms with Crippen LogP contribution in [0.25, 0.3) is 11.3 Å².